The Bertz CT molecular complexity index is 2160. The average molecular weight is 1140 g/mol. The molecule has 9 N–H and O–H groups in total. The number of methoxy groups -OCH3 is 1. The van der Waals surface area contributed by atoms with Gasteiger partial charge in [0.25, 0.3) is 0 Å². The van der Waals surface area contributed by atoms with Crippen molar-refractivity contribution in [2.24, 2.45) is 5.92 Å². The number of aliphatic hydroxyl groups is 3. The van der Waals surface area contributed by atoms with Crippen molar-refractivity contribution in [2.45, 2.75) is 214 Å². The zero-order valence-corrected chi connectivity index (χ0v) is 49.7. The summed E-state index contributed by atoms with van der Waals surface area (Å²) < 4.78 is 19.4. The highest BCUT2D eigenvalue weighted by Gasteiger charge is 2.39. The first-order chi connectivity index (χ1) is 38.8. The minimum atomic E-state index is -1.42. The lowest BCUT2D eigenvalue weighted by atomic mass is 10.0. The Labute approximate surface area is 482 Å². The van der Waals surface area contributed by atoms with Gasteiger partial charge in [-0.05, 0) is 80.6 Å². The number of hydrazine groups is 1. The lowest BCUT2D eigenvalue weighted by Gasteiger charge is -2.17. The van der Waals surface area contributed by atoms with E-state index in [-0.39, 0.29) is 35.3 Å². The van der Waals surface area contributed by atoms with Crippen LogP contribution < -0.4 is 10.4 Å². The van der Waals surface area contributed by atoms with Crippen molar-refractivity contribution in [1.82, 2.24) is 5.43 Å². The van der Waals surface area contributed by atoms with E-state index in [0.717, 1.165) is 75.9 Å². The molecule has 1 fully saturated rings. The van der Waals surface area contributed by atoms with Crippen LogP contribution in [0.15, 0.2) is 66.1 Å². The van der Waals surface area contributed by atoms with Crippen LogP contribution in [0.3, 0.4) is 0 Å². The van der Waals surface area contributed by atoms with E-state index < -0.39 is 65.5 Å². The molecule has 3 aromatic rings. The smallest absolute Gasteiger partial charge is 0.377 e. The van der Waals surface area contributed by atoms with Crippen molar-refractivity contribution in [3.8, 4) is 28.7 Å². The van der Waals surface area contributed by atoms with Gasteiger partial charge in [-0.3, -0.25) is 20.0 Å². The fourth-order valence-electron chi connectivity index (χ4n) is 8.33. The molecule has 1 amide bonds. The van der Waals surface area contributed by atoms with E-state index in [1.807, 2.05) is 42.3 Å². The molecule has 458 valence electrons. The van der Waals surface area contributed by atoms with Crippen LogP contribution in [0.4, 0.5) is 5.69 Å². The number of hydrogen-bond donors (Lipinski definition) is 9. The number of amides is 1. The number of carbonyl (C=O) groups excluding carboxylic acids is 4. The van der Waals surface area contributed by atoms with Gasteiger partial charge in [-0.25, -0.2) is 9.59 Å². The van der Waals surface area contributed by atoms with Crippen LogP contribution in [0.25, 0.3) is 0 Å². The molecule has 0 aliphatic carbocycles. The Hall–Kier alpha value is -6.40. The molecule has 2 heterocycles. The molecule has 3 unspecified atom stereocenters. The topological polar surface area (TPSA) is 282 Å². The van der Waals surface area contributed by atoms with Gasteiger partial charge in [-0.1, -0.05) is 181 Å². The highest BCUT2D eigenvalue weighted by Crippen LogP contribution is 2.35. The number of phenols is 5. The number of nitrogens with zero attached hydrogens (tertiary/aromatic N) is 1. The molecule has 0 bridgehead atoms. The van der Waals surface area contributed by atoms with E-state index >= 15 is 0 Å². The van der Waals surface area contributed by atoms with Crippen LogP contribution in [0.5, 0.6) is 28.7 Å². The van der Waals surface area contributed by atoms with Crippen LogP contribution in [-0.2, 0) is 33.3 Å². The van der Waals surface area contributed by atoms with Gasteiger partial charge in [0.05, 0.1) is 30.3 Å². The number of benzene rings is 3. The van der Waals surface area contributed by atoms with Gasteiger partial charge < -0.3 is 59.8 Å². The van der Waals surface area contributed by atoms with Gasteiger partial charge in [-0.2, -0.15) is 0 Å². The van der Waals surface area contributed by atoms with Crippen molar-refractivity contribution in [3.63, 3.8) is 0 Å². The summed E-state index contributed by atoms with van der Waals surface area (Å²) in [5.41, 5.74) is 5.27. The van der Waals surface area contributed by atoms with Gasteiger partial charge >= 0.3 is 17.9 Å². The first kappa shape index (κ1) is 72.6. The number of anilines is 1. The summed E-state index contributed by atoms with van der Waals surface area (Å²) in [4.78, 5) is 45.8. The Morgan fingerprint density at radius 1 is 0.617 bits per heavy atom. The maximum Gasteiger partial charge on any atom is 0.377 e. The third-order valence-electron chi connectivity index (χ3n) is 13.4. The maximum atomic E-state index is 11.8. The molecule has 0 spiro atoms. The molecule has 18 heteroatoms. The maximum absolute atomic E-state index is 11.8. The van der Waals surface area contributed by atoms with Crippen molar-refractivity contribution in [2.75, 3.05) is 38.5 Å². The molecule has 0 aromatic heterocycles. The van der Waals surface area contributed by atoms with Crippen molar-refractivity contribution in [3.05, 3.63) is 82.8 Å². The summed E-state index contributed by atoms with van der Waals surface area (Å²) in [5.74, 6) is -4.90. The first-order valence-electron chi connectivity index (χ1n) is 29.5. The molecular formula is C63H100N2O16. The van der Waals surface area contributed by atoms with E-state index in [2.05, 4.69) is 30.9 Å². The number of carbonyl (C=O) groups is 4. The number of aromatic hydroxyl groups is 5. The number of ether oxygens (including phenoxy) is 4. The molecule has 5 rings (SSSR count). The lowest BCUT2D eigenvalue weighted by Crippen LogP contribution is -2.33. The SMILES string of the molecule is CC1CN(c2ccccc2)NC1=O.CCCCCCCCCCCCCCCC(=O)OCC(O)C1OC(=O)C(O)=C1O.CCCCCCCCCCCCOC(=O)c1cc(O)c(O)c(O)c1.CCCOC.Cc1cc(O)c(C)cc1O. The minimum absolute atomic E-state index is 0.0230. The fraction of sp³-hybridized carbons (Fsp3) is 0.619. The second-order valence-corrected chi connectivity index (χ2v) is 20.7. The predicted molar refractivity (Wildman–Crippen MR) is 316 cm³/mol. The summed E-state index contributed by atoms with van der Waals surface area (Å²) in [6.07, 6.45) is 26.6. The summed E-state index contributed by atoms with van der Waals surface area (Å²) in [6, 6.07) is 15.1. The number of phenolic OH excluding ortho intramolecular Hbond substituents is 5. The zero-order valence-electron chi connectivity index (χ0n) is 49.7. The monoisotopic (exact) mass is 1140 g/mol. The van der Waals surface area contributed by atoms with E-state index in [4.69, 9.17) is 24.4 Å². The van der Waals surface area contributed by atoms with Crippen molar-refractivity contribution in [1.29, 1.82) is 0 Å². The van der Waals surface area contributed by atoms with E-state index in [0.29, 0.717) is 17.7 Å². The minimum Gasteiger partial charge on any atom is -0.508 e. The van der Waals surface area contributed by atoms with Crippen LogP contribution in [0, 0.1) is 19.8 Å². The fourth-order valence-corrected chi connectivity index (χ4v) is 8.33. The Morgan fingerprint density at radius 2 is 1.07 bits per heavy atom. The molecular weight excluding hydrogens is 1040 g/mol. The summed E-state index contributed by atoms with van der Waals surface area (Å²) in [5, 5.41) is 76.6. The molecule has 3 atom stereocenters. The lowest BCUT2D eigenvalue weighted by molar-refractivity contribution is -0.154. The number of rotatable bonds is 32. The number of para-hydroxylation sites is 1. The van der Waals surface area contributed by atoms with E-state index in [1.165, 1.54) is 109 Å². The third kappa shape index (κ3) is 32.0. The number of esters is 3. The normalized spacial score (nSPS) is 14.6. The standard InChI is InChI=1S/C22H38O7.C19H30O5.C10H12N2O.C8H10O2.C4H10O/c1-2-3-4-5-6-7-8-9-10-11-12-13-14-15-18(24)28-16-17(23)21-19(25)20(26)22(27)29-21;1-2-3-4-5-6-7-8-9-10-11-12-24-19(23)15-13-16(20)18(22)17(21)14-15;1-8-7-12(11-10(8)13)9-5-3-2-4-6-9;1-5-3-8(10)6(2)4-7(5)9;1-3-4-5-2/h17,21,23,25-26H,2-16H2,1H3;13-14,20-22H,2-12H2,1H3;2-6,8H,7H2,1H3,(H,11,13);3-4,9-10H,1-2H3;3-4H2,1-2H3. The first-order valence-corrected chi connectivity index (χ1v) is 29.5. The molecule has 0 saturated carbocycles. The largest absolute Gasteiger partial charge is 0.508 e. The van der Waals surface area contributed by atoms with Crippen LogP contribution in [0.1, 0.15) is 210 Å². The van der Waals surface area contributed by atoms with E-state index in [1.54, 1.807) is 33.1 Å². The summed E-state index contributed by atoms with van der Waals surface area (Å²) in [6.45, 7) is 13.5. The number of aliphatic hydroxyl groups excluding tert-OH is 3. The molecule has 3 aromatic carbocycles. The predicted octanol–water partition coefficient (Wildman–Crippen LogP) is 13.4. The van der Waals surface area contributed by atoms with Gasteiger partial charge in [-0.15, -0.1) is 0 Å². The number of hydrogen-bond acceptors (Lipinski definition) is 17. The second kappa shape index (κ2) is 44.3. The zero-order chi connectivity index (χ0) is 60.4. The van der Waals surface area contributed by atoms with Gasteiger partial charge in [0.2, 0.25) is 11.7 Å². The molecule has 0 radical (unpaired) electrons. The Balaban J connectivity index is 0.000000558. The quantitative estimate of drug-likeness (QED) is 0.00923. The summed E-state index contributed by atoms with van der Waals surface area (Å²) in [7, 11) is 1.71. The average Bonchev–Trinajstić information content (AvgIpc) is 3.94. The molecule has 1 saturated heterocycles. The Kier molecular flexibility index (Phi) is 39.7. The molecule has 81 heavy (non-hydrogen) atoms. The van der Waals surface area contributed by atoms with Crippen LogP contribution >= 0.6 is 0 Å². The molecule has 2 aliphatic rings. The number of unbranched alkanes of at least 4 members (excludes halogenated alkanes) is 21. The number of aryl methyl sites for hydroxylation is 2. The van der Waals surface area contributed by atoms with Crippen LogP contribution in [-0.4, -0.2) is 110 Å². The second-order valence-electron chi connectivity index (χ2n) is 20.7. The number of cyclic esters (lactones) is 1. The van der Waals surface area contributed by atoms with Crippen molar-refractivity contribution < 1.29 is 79.0 Å². The molecule has 2 aliphatic heterocycles. The highest BCUT2D eigenvalue weighted by atomic mass is 16.6. The number of nitrogens with one attached hydrogen (secondary N) is 1. The Morgan fingerprint density at radius 3 is 1.47 bits per heavy atom. The summed E-state index contributed by atoms with van der Waals surface area (Å²) >= 11 is 0. The highest BCUT2D eigenvalue weighted by molar-refractivity contribution is 5.91. The van der Waals surface area contributed by atoms with Crippen molar-refractivity contribution >= 4 is 29.5 Å². The van der Waals surface area contributed by atoms with Gasteiger partial charge in [0.1, 0.15) is 24.2 Å². The van der Waals surface area contributed by atoms with Crippen LogP contribution in [0.2, 0.25) is 0 Å². The third-order valence-corrected chi connectivity index (χ3v) is 13.4. The molecule has 18 nitrogen and oxygen atoms in total. The van der Waals surface area contributed by atoms with Gasteiger partial charge in [0, 0.05) is 20.1 Å². The van der Waals surface area contributed by atoms with Gasteiger partial charge in [0.15, 0.2) is 29.1 Å². The van der Waals surface area contributed by atoms with E-state index in [9.17, 15) is 49.8 Å².